The van der Waals surface area contributed by atoms with Gasteiger partial charge in [-0.25, -0.2) is 9.37 Å². The molecule has 1 aromatic heterocycles. The number of nitrogens with zero attached hydrogens (tertiary/aromatic N) is 1. The van der Waals surface area contributed by atoms with Gasteiger partial charge in [0.15, 0.2) is 0 Å². The SMILES string of the molecule is Fc1cc(Cl)ncc1C1CC1. The van der Waals surface area contributed by atoms with Crippen LogP contribution in [-0.4, -0.2) is 4.98 Å². The Bertz CT molecular complexity index is 283. The molecule has 11 heavy (non-hydrogen) atoms. The van der Waals surface area contributed by atoms with Crippen molar-refractivity contribution in [2.45, 2.75) is 18.8 Å². The third-order valence-corrected chi connectivity index (χ3v) is 2.07. The van der Waals surface area contributed by atoms with E-state index < -0.39 is 0 Å². The van der Waals surface area contributed by atoms with Gasteiger partial charge in [0.1, 0.15) is 11.0 Å². The predicted octanol–water partition coefficient (Wildman–Crippen LogP) is 2.75. The van der Waals surface area contributed by atoms with Crippen molar-refractivity contribution in [3.05, 3.63) is 28.8 Å². The first kappa shape index (κ1) is 7.04. The Morgan fingerprint density at radius 1 is 1.55 bits per heavy atom. The van der Waals surface area contributed by atoms with Crippen LogP contribution in [0.5, 0.6) is 0 Å². The van der Waals surface area contributed by atoms with Gasteiger partial charge in [-0.1, -0.05) is 11.6 Å². The zero-order chi connectivity index (χ0) is 7.84. The molecule has 0 bridgehead atoms. The quantitative estimate of drug-likeness (QED) is 0.592. The number of hydrogen-bond donors (Lipinski definition) is 0. The van der Waals surface area contributed by atoms with Crippen molar-refractivity contribution >= 4 is 11.6 Å². The molecule has 0 unspecified atom stereocenters. The fourth-order valence-electron chi connectivity index (χ4n) is 1.11. The predicted molar refractivity (Wildman–Crippen MR) is 41.2 cm³/mol. The molecule has 0 N–H and O–H groups in total. The summed E-state index contributed by atoms with van der Waals surface area (Å²) < 4.78 is 13.0. The Labute approximate surface area is 69.2 Å². The molecule has 0 saturated heterocycles. The Morgan fingerprint density at radius 2 is 2.27 bits per heavy atom. The first-order valence-electron chi connectivity index (χ1n) is 3.58. The van der Waals surface area contributed by atoms with E-state index >= 15 is 0 Å². The fourth-order valence-corrected chi connectivity index (χ4v) is 1.26. The minimum atomic E-state index is -0.215. The highest BCUT2D eigenvalue weighted by Gasteiger charge is 2.26. The maximum Gasteiger partial charge on any atom is 0.131 e. The Kier molecular flexibility index (Phi) is 1.57. The van der Waals surface area contributed by atoms with Gasteiger partial charge >= 0.3 is 0 Å². The van der Waals surface area contributed by atoms with Gasteiger partial charge in [0.25, 0.3) is 0 Å². The van der Waals surface area contributed by atoms with Crippen LogP contribution in [0.2, 0.25) is 5.15 Å². The van der Waals surface area contributed by atoms with Crippen molar-refractivity contribution in [3.8, 4) is 0 Å². The third kappa shape index (κ3) is 1.36. The maximum absolute atomic E-state index is 13.0. The lowest BCUT2D eigenvalue weighted by atomic mass is 10.2. The maximum atomic E-state index is 13.0. The lowest BCUT2D eigenvalue weighted by molar-refractivity contribution is 0.608. The number of pyridine rings is 1. The van der Waals surface area contributed by atoms with Gasteiger partial charge in [-0.15, -0.1) is 0 Å². The molecule has 0 aliphatic heterocycles. The van der Waals surface area contributed by atoms with Crippen LogP contribution in [0.4, 0.5) is 4.39 Å². The second-order valence-electron chi connectivity index (χ2n) is 2.80. The first-order valence-corrected chi connectivity index (χ1v) is 3.96. The summed E-state index contributed by atoms with van der Waals surface area (Å²) in [4.78, 5) is 3.83. The standard InChI is InChI=1S/C8H7ClFN/c9-8-3-7(10)6(4-11-8)5-1-2-5/h3-5H,1-2H2. The zero-order valence-electron chi connectivity index (χ0n) is 5.85. The van der Waals surface area contributed by atoms with Gasteiger partial charge in [-0.05, 0) is 18.8 Å². The molecule has 3 heteroatoms. The van der Waals surface area contributed by atoms with E-state index in [4.69, 9.17) is 11.6 Å². The van der Waals surface area contributed by atoms with Crippen LogP contribution in [-0.2, 0) is 0 Å². The third-order valence-electron chi connectivity index (χ3n) is 1.87. The van der Waals surface area contributed by atoms with E-state index in [1.165, 1.54) is 12.3 Å². The highest BCUT2D eigenvalue weighted by atomic mass is 35.5. The number of rotatable bonds is 1. The minimum absolute atomic E-state index is 0.215. The van der Waals surface area contributed by atoms with E-state index in [2.05, 4.69) is 4.98 Å². The van der Waals surface area contributed by atoms with Crippen molar-refractivity contribution in [1.82, 2.24) is 4.98 Å². The van der Waals surface area contributed by atoms with Crippen LogP contribution in [0.1, 0.15) is 24.3 Å². The summed E-state index contributed by atoms with van der Waals surface area (Å²) in [6.45, 7) is 0. The highest BCUT2D eigenvalue weighted by molar-refractivity contribution is 6.29. The normalized spacial score (nSPS) is 16.9. The monoisotopic (exact) mass is 171 g/mol. The molecular formula is C8H7ClFN. The number of hydrogen-bond acceptors (Lipinski definition) is 1. The van der Waals surface area contributed by atoms with Crippen LogP contribution < -0.4 is 0 Å². The van der Waals surface area contributed by atoms with Crippen LogP contribution in [0.25, 0.3) is 0 Å². The van der Waals surface area contributed by atoms with Gasteiger partial charge in [-0.2, -0.15) is 0 Å². The van der Waals surface area contributed by atoms with Crippen molar-refractivity contribution in [1.29, 1.82) is 0 Å². The summed E-state index contributed by atoms with van der Waals surface area (Å²) in [5.74, 6) is 0.187. The van der Waals surface area contributed by atoms with Crippen LogP contribution in [0.3, 0.4) is 0 Å². The minimum Gasteiger partial charge on any atom is -0.244 e. The first-order chi connectivity index (χ1) is 5.27. The molecule has 0 spiro atoms. The van der Waals surface area contributed by atoms with E-state index in [1.807, 2.05) is 0 Å². The molecule has 1 aliphatic carbocycles. The van der Waals surface area contributed by atoms with Crippen LogP contribution >= 0.6 is 11.6 Å². The Hall–Kier alpha value is -0.630. The van der Waals surface area contributed by atoms with Gasteiger partial charge in [0, 0.05) is 17.8 Å². The van der Waals surface area contributed by atoms with Crippen molar-refractivity contribution in [2.75, 3.05) is 0 Å². The molecule has 1 aliphatic rings. The molecule has 1 heterocycles. The number of aromatic nitrogens is 1. The molecule has 0 atom stereocenters. The van der Waals surface area contributed by atoms with Crippen LogP contribution in [0.15, 0.2) is 12.3 Å². The lowest BCUT2D eigenvalue weighted by Gasteiger charge is -1.98. The molecule has 1 saturated carbocycles. The lowest BCUT2D eigenvalue weighted by Crippen LogP contribution is -1.88. The van der Waals surface area contributed by atoms with E-state index in [0.717, 1.165) is 18.4 Å². The Balaban J connectivity index is 2.39. The number of halogens is 2. The van der Waals surface area contributed by atoms with Gasteiger partial charge in [0.05, 0.1) is 0 Å². The molecule has 1 nitrogen and oxygen atoms in total. The average molecular weight is 172 g/mol. The van der Waals surface area contributed by atoms with E-state index in [0.29, 0.717) is 5.92 Å². The highest BCUT2D eigenvalue weighted by Crippen LogP contribution is 2.41. The van der Waals surface area contributed by atoms with Gasteiger partial charge < -0.3 is 0 Å². The van der Waals surface area contributed by atoms with Crippen molar-refractivity contribution in [3.63, 3.8) is 0 Å². The molecule has 0 radical (unpaired) electrons. The summed E-state index contributed by atoms with van der Waals surface area (Å²) in [6, 6.07) is 1.27. The van der Waals surface area contributed by atoms with Crippen molar-refractivity contribution < 1.29 is 4.39 Å². The Morgan fingerprint density at radius 3 is 2.82 bits per heavy atom. The average Bonchev–Trinajstić information content (AvgIpc) is 2.70. The molecule has 1 fully saturated rings. The summed E-state index contributed by atoms with van der Waals surface area (Å²) in [5.41, 5.74) is 0.717. The topological polar surface area (TPSA) is 12.9 Å². The summed E-state index contributed by atoms with van der Waals surface area (Å²) in [5, 5.41) is 0.229. The summed E-state index contributed by atoms with van der Waals surface area (Å²) in [6.07, 6.45) is 3.70. The smallest absolute Gasteiger partial charge is 0.131 e. The largest absolute Gasteiger partial charge is 0.244 e. The zero-order valence-corrected chi connectivity index (χ0v) is 6.61. The molecule has 0 amide bonds. The van der Waals surface area contributed by atoms with Gasteiger partial charge in [0.2, 0.25) is 0 Å². The summed E-state index contributed by atoms with van der Waals surface area (Å²) >= 11 is 5.49. The fraction of sp³-hybridized carbons (Fsp3) is 0.375. The van der Waals surface area contributed by atoms with Crippen molar-refractivity contribution in [2.24, 2.45) is 0 Å². The molecule has 1 aromatic rings. The molecular weight excluding hydrogens is 165 g/mol. The molecule has 58 valence electrons. The second-order valence-corrected chi connectivity index (χ2v) is 3.19. The van der Waals surface area contributed by atoms with Crippen LogP contribution in [0, 0.1) is 5.82 Å². The second kappa shape index (κ2) is 2.45. The van der Waals surface area contributed by atoms with E-state index in [-0.39, 0.29) is 11.0 Å². The van der Waals surface area contributed by atoms with E-state index in [9.17, 15) is 4.39 Å². The van der Waals surface area contributed by atoms with Gasteiger partial charge in [-0.3, -0.25) is 0 Å². The molecule has 0 aromatic carbocycles. The van der Waals surface area contributed by atoms with E-state index in [1.54, 1.807) is 0 Å². The molecule has 2 rings (SSSR count). The summed E-state index contributed by atoms with van der Waals surface area (Å²) in [7, 11) is 0.